The highest BCUT2D eigenvalue weighted by Gasteiger charge is 2.26. The largest absolute Gasteiger partial charge is 0.341 e. The van der Waals surface area contributed by atoms with Crippen LogP contribution in [0.5, 0.6) is 0 Å². The number of amides is 1. The smallest absolute Gasteiger partial charge is 0.239 e. The van der Waals surface area contributed by atoms with Crippen LogP contribution in [0.25, 0.3) is 0 Å². The Hall–Kier alpha value is -0.220. The van der Waals surface area contributed by atoms with Crippen LogP contribution in [0.1, 0.15) is 19.8 Å². The molecule has 1 aliphatic rings. The lowest BCUT2D eigenvalue weighted by molar-refractivity contribution is -0.133. The van der Waals surface area contributed by atoms with E-state index in [-0.39, 0.29) is 11.9 Å². The monoisotopic (exact) mass is 216 g/mol. The van der Waals surface area contributed by atoms with Gasteiger partial charge in [0.25, 0.3) is 0 Å². The number of hydrogen-bond donors (Lipinski definition) is 1. The van der Waals surface area contributed by atoms with Gasteiger partial charge in [0.1, 0.15) is 0 Å². The molecule has 0 spiro atoms. The summed E-state index contributed by atoms with van der Waals surface area (Å²) in [5, 5.41) is 3.24. The number of likely N-dealkylation sites (N-methyl/N-ethyl adjacent to an activating group) is 1. The van der Waals surface area contributed by atoms with Crippen molar-refractivity contribution in [1.82, 2.24) is 10.2 Å². The standard InChI is InChI=1S/C10H20N2OS/c1-8(7-14-3)12(2)10(13)9-5-4-6-11-9/h8-9,11H,4-7H2,1-3H3. The number of carbonyl (C=O) groups is 1. The highest BCUT2D eigenvalue weighted by molar-refractivity contribution is 7.98. The van der Waals surface area contributed by atoms with Crippen LogP contribution in [0.15, 0.2) is 0 Å². The van der Waals surface area contributed by atoms with Gasteiger partial charge in [0.15, 0.2) is 0 Å². The molecule has 82 valence electrons. The van der Waals surface area contributed by atoms with Crippen molar-refractivity contribution in [2.45, 2.75) is 31.8 Å². The average Bonchev–Trinajstić information content (AvgIpc) is 2.68. The van der Waals surface area contributed by atoms with Gasteiger partial charge in [-0.15, -0.1) is 0 Å². The molecule has 1 amide bonds. The molecule has 2 atom stereocenters. The van der Waals surface area contributed by atoms with Crippen LogP contribution in [0.3, 0.4) is 0 Å². The number of hydrogen-bond acceptors (Lipinski definition) is 3. The summed E-state index contributed by atoms with van der Waals surface area (Å²) >= 11 is 1.78. The second-order valence-corrected chi connectivity index (χ2v) is 4.81. The maximum atomic E-state index is 11.9. The number of rotatable bonds is 4. The van der Waals surface area contributed by atoms with Gasteiger partial charge in [0.2, 0.25) is 5.91 Å². The van der Waals surface area contributed by atoms with Gasteiger partial charge in [-0.3, -0.25) is 4.79 Å². The second kappa shape index (κ2) is 5.61. The molecule has 1 heterocycles. The Morgan fingerprint density at radius 2 is 2.43 bits per heavy atom. The first kappa shape index (κ1) is 11.9. The molecule has 3 nitrogen and oxygen atoms in total. The minimum atomic E-state index is 0.0734. The van der Waals surface area contributed by atoms with Crippen LogP contribution < -0.4 is 5.32 Å². The molecule has 1 saturated heterocycles. The van der Waals surface area contributed by atoms with Crippen molar-refractivity contribution in [1.29, 1.82) is 0 Å². The molecule has 0 bridgehead atoms. The Labute approximate surface area is 90.6 Å². The van der Waals surface area contributed by atoms with Crippen LogP contribution in [-0.2, 0) is 4.79 Å². The van der Waals surface area contributed by atoms with Gasteiger partial charge in [0.05, 0.1) is 6.04 Å². The fraction of sp³-hybridized carbons (Fsp3) is 0.900. The van der Waals surface area contributed by atoms with Gasteiger partial charge in [-0.2, -0.15) is 11.8 Å². The van der Waals surface area contributed by atoms with Crippen molar-refractivity contribution in [3.8, 4) is 0 Å². The van der Waals surface area contributed by atoms with Gasteiger partial charge in [-0.05, 0) is 32.6 Å². The van der Waals surface area contributed by atoms with E-state index < -0.39 is 0 Å². The second-order valence-electron chi connectivity index (χ2n) is 3.90. The Morgan fingerprint density at radius 3 is 2.93 bits per heavy atom. The summed E-state index contributed by atoms with van der Waals surface area (Å²) in [5.74, 6) is 1.26. The van der Waals surface area contributed by atoms with E-state index >= 15 is 0 Å². The summed E-state index contributed by atoms with van der Waals surface area (Å²) in [4.78, 5) is 13.8. The minimum Gasteiger partial charge on any atom is -0.341 e. The number of nitrogens with one attached hydrogen (secondary N) is 1. The summed E-state index contributed by atoms with van der Waals surface area (Å²) in [6.45, 7) is 3.09. The number of carbonyl (C=O) groups excluding carboxylic acids is 1. The van der Waals surface area contributed by atoms with Crippen molar-refractivity contribution in [2.75, 3.05) is 25.6 Å². The zero-order valence-electron chi connectivity index (χ0n) is 9.25. The normalized spacial score (nSPS) is 23.5. The van der Waals surface area contributed by atoms with Gasteiger partial charge >= 0.3 is 0 Å². The van der Waals surface area contributed by atoms with Gasteiger partial charge in [0, 0.05) is 18.8 Å². The first-order chi connectivity index (χ1) is 6.66. The van der Waals surface area contributed by atoms with Crippen molar-refractivity contribution < 1.29 is 4.79 Å². The maximum Gasteiger partial charge on any atom is 0.239 e. The molecule has 4 heteroatoms. The fourth-order valence-corrected chi connectivity index (χ4v) is 2.42. The zero-order chi connectivity index (χ0) is 10.6. The number of nitrogens with zero attached hydrogens (tertiary/aromatic N) is 1. The molecule has 0 aromatic heterocycles. The molecule has 1 rings (SSSR count). The molecule has 0 saturated carbocycles. The summed E-state index contributed by atoms with van der Waals surface area (Å²) in [5.41, 5.74) is 0. The van der Waals surface area contributed by atoms with E-state index in [1.807, 2.05) is 11.9 Å². The Bertz CT molecular complexity index is 193. The molecule has 0 aromatic rings. The SMILES string of the molecule is CSCC(C)N(C)C(=O)C1CCCN1. The molecule has 1 fully saturated rings. The number of thioether (sulfide) groups is 1. The van der Waals surface area contributed by atoms with Crippen LogP contribution in [0, 0.1) is 0 Å². The summed E-state index contributed by atoms with van der Waals surface area (Å²) < 4.78 is 0. The molecule has 0 aliphatic carbocycles. The highest BCUT2D eigenvalue weighted by atomic mass is 32.2. The van der Waals surface area contributed by atoms with E-state index in [2.05, 4.69) is 18.5 Å². The lowest BCUT2D eigenvalue weighted by Crippen LogP contribution is -2.46. The minimum absolute atomic E-state index is 0.0734. The maximum absolute atomic E-state index is 11.9. The molecule has 1 aliphatic heterocycles. The van der Waals surface area contributed by atoms with Crippen molar-refractivity contribution in [2.24, 2.45) is 0 Å². The summed E-state index contributed by atoms with van der Waals surface area (Å²) in [6.07, 6.45) is 4.19. The van der Waals surface area contributed by atoms with E-state index in [0.29, 0.717) is 6.04 Å². The van der Waals surface area contributed by atoms with Crippen LogP contribution in [-0.4, -0.2) is 48.5 Å². The van der Waals surface area contributed by atoms with E-state index in [1.165, 1.54) is 0 Å². The highest BCUT2D eigenvalue weighted by Crippen LogP contribution is 2.11. The molecule has 0 radical (unpaired) electrons. The lowest BCUT2D eigenvalue weighted by Gasteiger charge is -2.27. The predicted molar refractivity (Wildman–Crippen MR) is 61.6 cm³/mol. The molecule has 14 heavy (non-hydrogen) atoms. The van der Waals surface area contributed by atoms with Crippen LogP contribution in [0.2, 0.25) is 0 Å². The molecule has 2 unspecified atom stereocenters. The molecule has 1 N–H and O–H groups in total. The third-order valence-corrected chi connectivity index (χ3v) is 3.59. The summed E-state index contributed by atoms with van der Waals surface area (Å²) in [7, 11) is 1.91. The molecular formula is C10H20N2OS. The van der Waals surface area contributed by atoms with Crippen LogP contribution >= 0.6 is 11.8 Å². The quantitative estimate of drug-likeness (QED) is 0.759. The third-order valence-electron chi connectivity index (χ3n) is 2.78. The Balaban J connectivity index is 2.42. The first-order valence-electron chi connectivity index (χ1n) is 5.15. The first-order valence-corrected chi connectivity index (χ1v) is 6.55. The lowest BCUT2D eigenvalue weighted by atomic mass is 10.2. The third kappa shape index (κ3) is 2.89. The van der Waals surface area contributed by atoms with Gasteiger partial charge in [-0.25, -0.2) is 0 Å². The van der Waals surface area contributed by atoms with Gasteiger partial charge in [-0.1, -0.05) is 0 Å². The Kier molecular flexibility index (Phi) is 4.75. The van der Waals surface area contributed by atoms with Crippen molar-refractivity contribution in [3.05, 3.63) is 0 Å². The average molecular weight is 216 g/mol. The van der Waals surface area contributed by atoms with E-state index in [4.69, 9.17) is 0 Å². The van der Waals surface area contributed by atoms with E-state index in [0.717, 1.165) is 25.1 Å². The topological polar surface area (TPSA) is 32.3 Å². The van der Waals surface area contributed by atoms with Gasteiger partial charge < -0.3 is 10.2 Å². The summed E-state index contributed by atoms with van der Waals surface area (Å²) in [6, 6.07) is 0.407. The van der Waals surface area contributed by atoms with E-state index in [1.54, 1.807) is 11.8 Å². The van der Waals surface area contributed by atoms with Crippen LogP contribution in [0.4, 0.5) is 0 Å². The Morgan fingerprint density at radius 1 is 1.71 bits per heavy atom. The zero-order valence-corrected chi connectivity index (χ0v) is 10.1. The molecular weight excluding hydrogens is 196 g/mol. The van der Waals surface area contributed by atoms with E-state index in [9.17, 15) is 4.79 Å². The van der Waals surface area contributed by atoms with Crippen molar-refractivity contribution >= 4 is 17.7 Å². The fourth-order valence-electron chi connectivity index (χ4n) is 1.71. The predicted octanol–water partition coefficient (Wildman–Crippen LogP) is 0.948. The molecule has 0 aromatic carbocycles. The van der Waals surface area contributed by atoms with Crippen molar-refractivity contribution in [3.63, 3.8) is 0 Å².